The van der Waals surface area contributed by atoms with Crippen molar-refractivity contribution in [2.45, 2.75) is 19.8 Å². The molecule has 0 saturated carbocycles. The Balaban J connectivity index is 1.61. The van der Waals surface area contributed by atoms with Gasteiger partial charge in [0.2, 0.25) is 0 Å². The van der Waals surface area contributed by atoms with E-state index in [0.717, 1.165) is 29.8 Å². The molecule has 26 heavy (non-hydrogen) atoms. The van der Waals surface area contributed by atoms with Crippen LogP contribution in [0.1, 0.15) is 23.6 Å². The van der Waals surface area contributed by atoms with E-state index in [-0.39, 0.29) is 5.91 Å². The molecule has 1 aliphatic carbocycles. The molecule has 3 aromatic rings. The molecule has 1 aliphatic heterocycles. The Labute approximate surface area is 152 Å². The summed E-state index contributed by atoms with van der Waals surface area (Å²) in [6.07, 6.45) is 4.20. The Morgan fingerprint density at radius 1 is 0.923 bits per heavy atom. The third-order valence-corrected chi connectivity index (χ3v) is 5.27. The minimum Gasteiger partial charge on any atom is -0.267 e. The molecule has 0 fully saturated rings. The molecular weight excluding hydrogens is 320 g/mol. The van der Waals surface area contributed by atoms with Crippen molar-refractivity contribution >= 4 is 34.2 Å². The van der Waals surface area contributed by atoms with Gasteiger partial charge in [-0.1, -0.05) is 48.5 Å². The van der Waals surface area contributed by atoms with Gasteiger partial charge in [0.15, 0.2) is 0 Å². The summed E-state index contributed by atoms with van der Waals surface area (Å²) in [5.74, 6) is -0.0723. The van der Waals surface area contributed by atoms with Crippen LogP contribution < -0.4 is 5.01 Å². The summed E-state index contributed by atoms with van der Waals surface area (Å²) in [6, 6.07) is 20.4. The second-order valence-electron chi connectivity index (χ2n) is 6.85. The Bertz CT molecular complexity index is 1100. The van der Waals surface area contributed by atoms with E-state index in [2.05, 4.69) is 35.4 Å². The van der Waals surface area contributed by atoms with Gasteiger partial charge < -0.3 is 0 Å². The minimum absolute atomic E-state index is 0.0723. The molecule has 126 valence electrons. The van der Waals surface area contributed by atoms with Crippen LogP contribution >= 0.6 is 0 Å². The molecule has 0 unspecified atom stereocenters. The van der Waals surface area contributed by atoms with Gasteiger partial charge in [0.25, 0.3) is 5.91 Å². The maximum absolute atomic E-state index is 12.9. The van der Waals surface area contributed by atoms with E-state index >= 15 is 0 Å². The van der Waals surface area contributed by atoms with E-state index in [1.165, 1.54) is 26.9 Å². The summed E-state index contributed by atoms with van der Waals surface area (Å²) in [5.41, 5.74) is 6.11. The molecule has 1 heterocycles. The van der Waals surface area contributed by atoms with Gasteiger partial charge in [-0.05, 0) is 65.4 Å². The number of rotatable bonds is 2. The molecule has 5 rings (SSSR count). The van der Waals surface area contributed by atoms with E-state index < -0.39 is 0 Å². The molecule has 3 nitrogen and oxygen atoms in total. The van der Waals surface area contributed by atoms with Crippen molar-refractivity contribution in [3.05, 3.63) is 82.9 Å². The smallest absolute Gasteiger partial charge is 0.267 e. The minimum atomic E-state index is -0.0723. The number of amides is 1. The molecule has 3 aromatic carbocycles. The van der Waals surface area contributed by atoms with Crippen LogP contribution in [0.3, 0.4) is 0 Å². The van der Waals surface area contributed by atoms with Crippen LogP contribution in [-0.4, -0.2) is 11.6 Å². The fourth-order valence-electron chi connectivity index (χ4n) is 3.98. The molecular formula is C23H18N2O. The van der Waals surface area contributed by atoms with Crippen LogP contribution in [0.4, 0.5) is 5.69 Å². The Morgan fingerprint density at radius 2 is 1.69 bits per heavy atom. The van der Waals surface area contributed by atoms with Crippen LogP contribution in [0.5, 0.6) is 0 Å². The summed E-state index contributed by atoms with van der Waals surface area (Å²) in [6.45, 7) is 1.90. The van der Waals surface area contributed by atoms with Crippen molar-refractivity contribution in [1.29, 1.82) is 0 Å². The molecule has 0 aromatic heterocycles. The molecule has 2 aliphatic rings. The summed E-state index contributed by atoms with van der Waals surface area (Å²) in [7, 11) is 0. The van der Waals surface area contributed by atoms with Crippen molar-refractivity contribution in [3.63, 3.8) is 0 Å². The quantitative estimate of drug-likeness (QED) is 0.621. The van der Waals surface area contributed by atoms with Gasteiger partial charge in [-0.3, -0.25) is 4.79 Å². The number of anilines is 1. The number of aryl methyl sites for hydroxylation is 2. The lowest BCUT2D eigenvalue weighted by molar-refractivity contribution is -0.114. The summed E-state index contributed by atoms with van der Waals surface area (Å²) in [4.78, 5) is 12.9. The molecule has 1 amide bonds. The molecule has 3 heteroatoms. The van der Waals surface area contributed by atoms with Crippen molar-refractivity contribution < 1.29 is 4.79 Å². The van der Waals surface area contributed by atoms with Crippen molar-refractivity contribution in [2.24, 2.45) is 5.10 Å². The summed E-state index contributed by atoms with van der Waals surface area (Å²) in [5, 5.41) is 8.55. The maximum atomic E-state index is 12.9. The highest BCUT2D eigenvalue weighted by Gasteiger charge is 2.28. The van der Waals surface area contributed by atoms with Gasteiger partial charge in [-0.25, -0.2) is 0 Å². The molecule has 0 radical (unpaired) electrons. The zero-order valence-corrected chi connectivity index (χ0v) is 14.6. The normalized spacial score (nSPS) is 17.4. The number of benzene rings is 3. The van der Waals surface area contributed by atoms with E-state index in [4.69, 9.17) is 0 Å². The lowest BCUT2D eigenvalue weighted by Crippen LogP contribution is -2.21. The fraction of sp³-hybridized carbons (Fsp3) is 0.130. The number of hydrogen-bond donors (Lipinski definition) is 0. The molecule has 0 spiro atoms. The van der Waals surface area contributed by atoms with Crippen LogP contribution in [0.15, 0.2) is 71.3 Å². The molecule has 0 atom stereocenters. The van der Waals surface area contributed by atoms with Gasteiger partial charge in [0.05, 0.1) is 17.0 Å². The number of hydrogen-bond acceptors (Lipinski definition) is 2. The average molecular weight is 338 g/mol. The zero-order valence-electron chi connectivity index (χ0n) is 14.6. The van der Waals surface area contributed by atoms with Gasteiger partial charge in [0.1, 0.15) is 0 Å². The van der Waals surface area contributed by atoms with E-state index in [9.17, 15) is 4.79 Å². The van der Waals surface area contributed by atoms with Gasteiger partial charge in [0, 0.05) is 0 Å². The Hall–Kier alpha value is -3.20. The van der Waals surface area contributed by atoms with E-state index in [1.807, 2.05) is 43.3 Å². The lowest BCUT2D eigenvalue weighted by Gasteiger charge is -2.11. The highest BCUT2D eigenvalue weighted by atomic mass is 16.2. The summed E-state index contributed by atoms with van der Waals surface area (Å²) < 4.78 is 0. The number of carbonyl (C=O) groups excluding carboxylic acids is 1. The Morgan fingerprint density at radius 3 is 2.50 bits per heavy atom. The van der Waals surface area contributed by atoms with Crippen LogP contribution in [0.25, 0.3) is 16.8 Å². The van der Waals surface area contributed by atoms with E-state index in [0.29, 0.717) is 5.57 Å². The summed E-state index contributed by atoms with van der Waals surface area (Å²) >= 11 is 0. The van der Waals surface area contributed by atoms with Crippen molar-refractivity contribution in [2.75, 3.05) is 5.01 Å². The fourth-order valence-corrected chi connectivity index (χ4v) is 3.98. The van der Waals surface area contributed by atoms with Gasteiger partial charge in [-0.15, -0.1) is 0 Å². The average Bonchev–Trinajstić information content (AvgIpc) is 3.22. The number of carbonyl (C=O) groups is 1. The van der Waals surface area contributed by atoms with E-state index in [1.54, 1.807) is 0 Å². The number of hydrazone groups is 1. The molecule has 0 saturated heterocycles. The third-order valence-electron chi connectivity index (χ3n) is 5.27. The van der Waals surface area contributed by atoms with Gasteiger partial charge >= 0.3 is 0 Å². The first-order valence-corrected chi connectivity index (χ1v) is 8.92. The second-order valence-corrected chi connectivity index (χ2v) is 6.85. The number of para-hydroxylation sites is 1. The largest absolute Gasteiger partial charge is 0.280 e. The standard InChI is InChI=1S/C23H18N2O/c1-15-21(23(26)25(24-15)19-7-3-2-4-8-19)14-18-13-12-17-11-10-16-6-5-9-20(18)22(16)17/h2-9,12-14H,10-11H2,1H3. The monoisotopic (exact) mass is 338 g/mol. The first-order chi connectivity index (χ1) is 12.7. The lowest BCUT2D eigenvalue weighted by atomic mass is 9.97. The zero-order chi connectivity index (χ0) is 17.7. The molecule has 0 N–H and O–H groups in total. The van der Waals surface area contributed by atoms with Crippen LogP contribution in [-0.2, 0) is 17.6 Å². The second kappa shape index (κ2) is 5.67. The SMILES string of the molecule is CC1=NN(c2ccccc2)C(=O)C1=Cc1ccc2c3c(cccc13)CC2. The third kappa shape index (κ3) is 2.21. The predicted molar refractivity (Wildman–Crippen MR) is 106 cm³/mol. The number of nitrogens with zero attached hydrogens (tertiary/aromatic N) is 2. The highest BCUT2D eigenvalue weighted by Crippen LogP contribution is 2.34. The topological polar surface area (TPSA) is 32.7 Å². The first-order valence-electron chi connectivity index (χ1n) is 8.92. The predicted octanol–water partition coefficient (Wildman–Crippen LogP) is 4.74. The van der Waals surface area contributed by atoms with Gasteiger partial charge in [-0.2, -0.15) is 10.1 Å². The maximum Gasteiger partial charge on any atom is 0.280 e. The highest BCUT2D eigenvalue weighted by molar-refractivity contribution is 6.32. The first kappa shape index (κ1) is 15.1. The van der Waals surface area contributed by atoms with Crippen LogP contribution in [0.2, 0.25) is 0 Å². The van der Waals surface area contributed by atoms with Crippen molar-refractivity contribution in [1.82, 2.24) is 0 Å². The molecule has 0 bridgehead atoms. The van der Waals surface area contributed by atoms with Crippen LogP contribution in [0, 0.1) is 0 Å². The van der Waals surface area contributed by atoms with Crippen molar-refractivity contribution in [3.8, 4) is 0 Å². The Kier molecular flexibility index (Phi) is 3.29.